The highest BCUT2D eigenvalue weighted by molar-refractivity contribution is 8.28. The molecule has 246 valence electrons. The third-order valence-corrected chi connectivity index (χ3v) is 10.3. The van der Waals surface area contributed by atoms with Gasteiger partial charge in [-0.2, -0.15) is 11.6 Å². The van der Waals surface area contributed by atoms with Crippen LogP contribution in [0.15, 0.2) is 180 Å². The van der Waals surface area contributed by atoms with Crippen LogP contribution in [0, 0.1) is 0 Å². The summed E-state index contributed by atoms with van der Waals surface area (Å²) < 4.78 is 272. The molecule has 0 amide bonds. The van der Waals surface area contributed by atoms with E-state index in [1.165, 1.54) is 0 Å². The fourth-order valence-corrected chi connectivity index (χ4v) is 8.17. The zero-order valence-electron chi connectivity index (χ0n) is 55.3. The molecule has 0 fully saturated rings. The van der Waals surface area contributed by atoms with Gasteiger partial charge >= 0.3 is 0 Å². The Morgan fingerprint density at radius 1 is 0.472 bits per heavy atom. The predicted octanol–water partition coefficient (Wildman–Crippen LogP) is 11.5. The zero-order valence-corrected chi connectivity index (χ0v) is 27.1. The van der Waals surface area contributed by atoms with E-state index < -0.39 is 270 Å². The van der Waals surface area contributed by atoms with E-state index in [-0.39, 0.29) is 15.9 Å². The molecule has 0 saturated carbocycles. The van der Waals surface area contributed by atoms with Crippen molar-refractivity contribution in [3.63, 3.8) is 0 Å². The number of aromatic nitrogens is 2. The molecule has 0 unspecified atom stereocenters. The number of nitrogens with zero attached hydrogens (tertiary/aromatic N) is 2. The Labute approximate surface area is 351 Å². The molecule has 0 saturated heterocycles. The van der Waals surface area contributed by atoms with Crippen LogP contribution in [-0.4, -0.2) is 15.1 Å². The Morgan fingerprint density at radius 2 is 1.02 bits per heavy atom. The number of hydrogen-bond acceptors (Lipinski definition) is 2. The fraction of sp³-hybridized carbons (Fsp3) is 0. The van der Waals surface area contributed by atoms with E-state index in [2.05, 4.69) is 0 Å². The van der Waals surface area contributed by atoms with Crippen LogP contribution in [0.1, 0.15) is 39.8 Å². The molecule has 4 heterocycles. The Bertz CT molecular complexity index is 4670. The summed E-state index contributed by atoms with van der Waals surface area (Å²) in [4.78, 5) is -0.271. The van der Waals surface area contributed by atoms with E-state index in [1.54, 1.807) is 0 Å². The van der Waals surface area contributed by atoms with Gasteiger partial charge < -0.3 is 13.9 Å². The lowest BCUT2D eigenvalue weighted by atomic mass is 9.57. The maximum atomic E-state index is 10.1. The maximum absolute atomic E-state index is 10.1. The quantitative estimate of drug-likeness (QED) is 0.169. The van der Waals surface area contributed by atoms with Gasteiger partial charge in [0.25, 0.3) is 5.99 Å². The molecule has 2 aliphatic rings. The highest BCUT2D eigenvalue weighted by Gasteiger charge is 2.39. The van der Waals surface area contributed by atoms with Crippen LogP contribution in [0.4, 0.5) is 0 Å². The van der Waals surface area contributed by atoms with Crippen molar-refractivity contribution in [1.82, 2.24) is 9.13 Å². The molecule has 3 nitrogen and oxygen atoms in total. The van der Waals surface area contributed by atoms with Crippen molar-refractivity contribution in [2.45, 2.75) is 4.90 Å². The molecule has 0 N–H and O–H groups in total. The second kappa shape index (κ2) is 11.0. The van der Waals surface area contributed by atoms with Crippen LogP contribution in [0.25, 0.3) is 77.2 Å². The van der Waals surface area contributed by atoms with Crippen molar-refractivity contribution in [3.05, 3.63) is 175 Å². The van der Waals surface area contributed by atoms with Crippen molar-refractivity contribution in [1.29, 1.82) is 0 Å². The zero-order chi connectivity index (χ0) is 59.9. The third kappa shape index (κ3) is 4.14. The van der Waals surface area contributed by atoms with E-state index in [4.69, 9.17) is 30.8 Å². The van der Waals surface area contributed by atoms with Crippen LogP contribution < -0.4 is 15.7 Å². The Balaban J connectivity index is 1.26. The number of rotatable bonds is 3. The molecular weight excluding hydrogens is 663 g/mol. The van der Waals surface area contributed by atoms with Gasteiger partial charge in [-0.1, -0.05) is 121 Å². The molecule has 0 bridgehead atoms. The average molecular weight is 722 g/mol. The minimum Gasteiger partial charge on any atom is -0.458 e. The summed E-state index contributed by atoms with van der Waals surface area (Å²) >= 11 is 0.650. The van der Waals surface area contributed by atoms with Crippen molar-refractivity contribution >= 4 is 72.1 Å². The maximum Gasteiger partial charge on any atom is 0.289 e. The third-order valence-electron chi connectivity index (χ3n) is 9.09. The molecule has 8 aromatic carbocycles. The first kappa shape index (κ1) is 12.9. The number of hydrogen-bond donors (Lipinski definition) is 0. The summed E-state index contributed by atoms with van der Waals surface area (Å²) in [7, 11) is 0. The summed E-state index contributed by atoms with van der Waals surface area (Å²) in [6, 6.07) is -25.0. The largest absolute Gasteiger partial charge is 0.458 e. The Hall–Kier alpha value is -6.43. The summed E-state index contributed by atoms with van der Waals surface area (Å²) in [5, 5.41) is -1.92. The highest BCUT2D eigenvalue weighted by atomic mass is 32.2. The SMILES string of the molecule is [2H]c1c([2H])c([2H])c2c(c1[2H])SB1c3c([2H])c([2H])c(-c4c([2H])c([2H])c([2H])c([2H])c4-n4c5c([2H])c([2H])c([2H])c([2H])c5c5c([2H])c([2H])c([2H])c([2H])c54)c([2H])c3Oc3c([2H])c(-n4c5c([2H])c([2H])c([2H])c([2H])c5c5c([2H])c([2H])c([2H])c([2H])c54)c([2H])c-2c31. The highest BCUT2D eigenvalue weighted by Crippen LogP contribution is 2.46. The lowest BCUT2D eigenvalue weighted by Crippen LogP contribution is -2.46. The lowest BCUT2D eigenvalue weighted by molar-refractivity contribution is 0.488. The number of benzene rings is 8. The van der Waals surface area contributed by atoms with Crippen LogP contribution in [0.3, 0.4) is 0 Å². The molecule has 0 spiro atoms. The van der Waals surface area contributed by atoms with Gasteiger partial charge in [0.05, 0.1) is 73.2 Å². The van der Waals surface area contributed by atoms with Gasteiger partial charge in [-0.3, -0.25) is 0 Å². The van der Waals surface area contributed by atoms with Crippen LogP contribution in [0.5, 0.6) is 11.5 Å². The summed E-state index contributed by atoms with van der Waals surface area (Å²) in [6.45, 7) is 0. The second-order valence-corrected chi connectivity index (χ2v) is 12.9. The Kier molecular flexibility index (Phi) is 2.69. The monoisotopic (exact) mass is 721 g/mol. The van der Waals surface area contributed by atoms with Gasteiger partial charge in [0.2, 0.25) is 0 Å². The van der Waals surface area contributed by atoms with Gasteiger partial charge in [0, 0.05) is 38.0 Å². The van der Waals surface area contributed by atoms with Crippen molar-refractivity contribution in [2.24, 2.45) is 0 Å². The topological polar surface area (TPSA) is 19.1 Å². The first-order chi connectivity index (χ1) is 38.4. The molecule has 10 aromatic rings. The molecule has 0 atom stereocenters. The fourth-order valence-electron chi connectivity index (χ4n) is 6.92. The Morgan fingerprint density at radius 3 is 1.68 bits per heavy atom. The average Bonchev–Trinajstić information content (AvgIpc) is 2.67. The van der Waals surface area contributed by atoms with E-state index in [0.29, 0.717) is 11.6 Å². The molecule has 5 heteroatoms. The van der Waals surface area contributed by atoms with E-state index >= 15 is 0 Å². The first-order valence-electron chi connectivity index (χ1n) is 30.3. The standard InChI is InChI=1S/C48H29BN2OS/c1-7-19-40(51-43-22-10-4-16-35(43)36-17-5-11-23-44(36)51)32(13-1)30-25-26-39-45(27-30)52-46-29-31(28-38-37-18-6-12-24-47(37)53-49(39)48(38)46)50-41-20-8-2-14-33(41)34-15-3-9-21-42(34)50/h1-29H/i1D,2D,3D,4D,5D,6D,7D,8D,9D,10D,11D,12D,13D,14D,15D,16D,17D,18D,19D,20D,21D,22D,23D,24D,25D,26D,27D,28D,29D. The van der Waals surface area contributed by atoms with E-state index in [1.807, 2.05) is 0 Å². The number of ether oxygens (including phenoxy) is 1. The minimum atomic E-state index is -1.56. The lowest BCUT2D eigenvalue weighted by Gasteiger charge is -2.33. The molecule has 2 aliphatic heterocycles. The first-order valence-corrected chi connectivity index (χ1v) is 16.6. The van der Waals surface area contributed by atoms with Crippen molar-refractivity contribution in [3.8, 4) is 45.1 Å². The van der Waals surface area contributed by atoms with Crippen LogP contribution >= 0.6 is 11.6 Å². The normalized spacial score (nSPS) is 20.6. The van der Waals surface area contributed by atoms with E-state index in [9.17, 15) is 13.7 Å². The number of fused-ring (bicyclic) bond motifs is 10. The molecule has 12 rings (SSSR count). The predicted molar refractivity (Wildman–Crippen MR) is 223 cm³/mol. The van der Waals surface area contributed by atoms with Crippen LogP contribution in [0.2, 0.25) is 0 Å². The molecule has 2 aromatic heterocycles. The van der Waals surface area contributed by atoms with Gasteiger partial charge in [0.1, 0.15) is 11.5 Å². The van der Waals surface area contributed by atoms with Gasteiger partial charge in [-0.15, -0.1) is 0 Å². The molecule has 0 aliphatic carbocycles. The minimum absolute atomic E-state index is 0.241. The van der Waals surface area contributed by atoms with Gasteiger partial charge in [-0.25, -0.2) is 0 Å². The van der Waals surface area contributed by atoms with Gasteiger partial charge in [0.15, 0.2) is 0 Å². The molecular formula is C48H29BN2OS. The smallest absolute Gasteiger partial charge is 0.289 e. The van der Waals surface area contributed by atoms with Gasteiger partial charge in [-0.05, 0) is 76.0 Å². The van der Waals surface area contributed by atoms with Crippen LogP contribution in [-0.2, 0) is 0 Å². The second-order valence-electron chi connectivity index (χ2n) is 11.8. The van der Waals surface area contributed by atoms with Crippen molar-refractivity contribution < 1.29 is 44.5 Å². The summed E-state index contributed by atoms with van der Waals surface area (Å²) in [5.74, 6) is -2.94. The summed E-state index contributed by atoms with van der Waals surface area (Å²) in [5.41, 5.74) is -6.99. The number of para-hydroxylation sites is 5. The van der Waals surface area contributed by atoms with Crippen molar-refractivity contribution in [2.75, 3.05) is 0 Å². The summed E-state index contributed by atoms with van der Waals surface area (Å²) in [6.07, 6.45) is 0. The molecule has 0 radical (unpaired) electrons. The molecule has 53 heavy (non-hydrogen) atoms. The van der Waals surface area contributed by atoms with E-state index in [0.717, 1.165) is 9.13 Å².